The summed E-state index contributed by atoms with van der Waals surface area (Å²) in [5.41, 5.74) is 3.92. The van der Waals surface area contributed by atoms with Crippen LogP contribution in [0.4, 0.5) is 0 Å². The number of fused-ring (bicyclic) bond motifs is 2. The summed E-state index contributed by atoms with van der Waals surface area (Å²) in [5.74, 6) is 0. The van der Waals surface area contributed by atoms with Gasteiger partial charge in [-0.05, 0) is 59.1 Å². The Morgan fingerprint density at radius 2 is 1.47 bits per heavy atom. The van der Waals surface area contributed by atoms with Crippen molar-refractivity contribution < 1.29 is 0 Å². The van der Waals surface area contributed by atoms with Crippen LogP contribution in [0.15, 0.2) is 78.9 Å². The highest BCUT2D eigenvalue weighted by Crippen LogP contribution is 2.20. The van der Waals surface area contributed by atoms with Crippen molar-refractivity contribution in [3.63, 3.8) is 0 Å². The quantitative estimate of drug-likeness (QED) is 0.405. The van der Waals surface area contributed by atoms with E-state index < -0.39 is 0 Å². The summed E-state index contributed by atoms with van der Waals surface area (Å²) < 4.78 is 0. The van der Waals surface area contributed by atoms with E-state index in [4.69, 9.17) is 22.4 Å². The molecular weight excluding hydrogens is 390 g/mol. The Morgan fingerprint density at radius 1 is 0.900 bits per heavy atom. The number of rotatable bonds is 3. The summed E-state index contributed by atoms with van der Waals surface area (Å²) >= 11 is 5.44. The molecule has 4 rings (SSSR count). The van der Waals surface area contributed by atoms with Crippen LogP contribution >= 0.6 is 11.6 Å². The van der Waals surface area contributed by atoms with Crippen molar-refractivity contribution in [2.75, 3.05) is 13.6 Å². The van der Waals surface area contributed by atoms with Gasteiger partial charge in [-0.1, -0.05) is 72.3 Å². The largest absolute Gasteiger partial charge is 0.302 e. The van der Waals surface area contributed by atoms with Gasteiger partial charge in [-0.3, -0.25) is 5.41 Å². The molecular formula is C26H26ClN3. The molecule has 0 aliphatic carbocycles. The fourth-order valence-corrected chi connectivity index (χ4v) is 3.31. The third-order valence-corrected chi connectivity index (χ3v) is 4.90. The third kappa shape index (κ3) is 6.70. The lowest BCUT2D eigenvalue weighted by Crippen LogP contribution is -2.26. The average molecular weight is 416 g/mol. The molecule has 2 N–H and O–H groups in total. The molecule has 1 aliphatic heterocycles. The van der Waals surface area contributed by atoms with Crippen molar-refractivity contribution in [2.24, 2.45) is 0 Å². The number of halogens is 1. The minimum atomic E-state index is -0.0579. The molecule has 0 saturated heterocycles. The van der Waals surface area contributed by atoms with Crippen molar-refractivity contribution >= 4 is 33.3 Å². The zero-order valence-electron chi connectivity index (χ0n) is 17.1. The molecule has 3 aromatic rings. The standard InChI is InChI=1S/C14H16ClN3.C10H8.C2H2/c1-18-7-6-10-2-3-11(8-12(10)9-18)13(16)4-5-14(15)17;1-2-6-10-8-4-3-7-9(10)5-1;1-2/h2-5,8,16-17H,6-7,9H2,1H3;1-8H;1-2H/b5-4-,16-13?,17-14?;;. The van der Waals surface area contributed by atoms with E-state index in [2.05, 4.69) is 85.5 Å². The first-order valence-corrected chi connectivity index (χ1v) is 9.99. The highest BCUT2D eigenvalue weighted by atomic mass is 35.5. The van der Waals surface area contributed by atoms with Crippen molar-refractivity contribution in [2.45, 2.75) is 13.0 Å². The van der Waals surface area contributed by atoms with E-state index in [0.29, 0.717) is 5.71 Å². The smallest absolute Gasteiger partial charge is 0.120 e. The SMILES string of the molecule is C#C.CN1CCc2ccc(C(=N)/C=C\C(=N)Cl)cc2C1.c1ccc2ccccc2c1. The van der Waals surface area contributed by atoms with Gasteiger partial charge in [-0.15, -0.1) is 12.8 Å². The van der Waals surface area contributed by atoms with E-state index in [9.17, 15) is 0 Å². The summed E-state index contributed by atoms with van der Waals surface area (Å²) in [6.45, 7) is 2.03. The van der Waals surface area contributed by atoms with Gasteiger partial charge in [0.05, 0.1) is 5.71 Å². The lowest BCUT2D eigenvalue weighted by atomic mass is 9.96. The highest BCUT2D eigenvalue weighted by Gasteiger charge is 2.13. The van der Waals surface area contributed by atoms with Crippen LogP contribution in [-0.4, -0.2) is 29.4 Å². The second-order valence-electron chi connectivity index (χ2n) is 6.91. The van der Waals surface area contributed by atoms with E-state index in [1.54, 1.807) is 6.08 Å². The number of hydrogen-bond donors (Lipinski definition) is 2. The Labute approximate surface area is 184 Å². The number of nitrogens with zero attached hydrogens (tertiary/aromatic N) is 1. The molecule has 0 unspecified atom stereocenters. The molecule has 0 aromatic heterocycles. The lowest BCUT2D eigenvalue weighted by molar-refractivity contribution is 0.313. The molecule has 1 aliphatic rings. The van der Waals surface area contributed by atoms with Crippen LogP contribution in [-0.2, 0) is 13.0 Å². The first kappa shape index (κ1) is 23.1. The number of allylic oxidation sites excluding steroid dienone is 2. The number of likely N-dealkylation sites (N-methyl/N-ethyl adjacent to an activating group) is 1. The molecule has 0 spiro atoms. The molecule has 0 bridgehead atoms. The van der Waals surface area contributed by atoms with E-state index in [1.165, 1.54) is 28.0 Å². The molecule has 0 amide bonds. The van der Waals surface area contributed by atoms with Gasteiger partial charge in [0.25, 0.3) is 0 Å². The Morgan fingerprint density at radius 3 is 2.00 bits per heavy atom. The molecule has 3 nitrogen and oxygen atoms in total. The van der Waals surface area contributed by atoms with Gasteiger partial charge in [0.1, 0.15) is 5.17 Å². The Balaban J connectivity index is 0.000000224. The van der Waals surface area contributed by atoms with Gasteiger partial charge < -0.3 is 10.3 Å². The molecule has 0 radical (unpaired) electrons. The van der Waals surface area contributed by atoms with Crippen LogP contribution in [0, 0.1) is 23.7 Å². The fourth-order valence-electron chi connectivity index (χ4n) is 3.25. The summed E-state index contributed by atoms with van der Waals surface area (Å²) in [6.07, 6.45) is 12.1. The maximum atomic E-state index is 7.93. The van der Waals surface area contributed by atoms with Crippen LogP contribution in [0.5, 0.6) is 0 Å². The second-order valence-corrected chi connectivity index (χ2v) is 7.32. The number of benzene rings is 3. The second kappa shape index (κ2) is 11.7. The van der Waals surface area contributed by atoms with Crippen molar-refractivity contribution in [1.82, 2.24) is 4.90 Å². The van der Waals surface area contributed by atoms with Crippen molar-refractivity contribution in [3.05, 3.63) is 95.6 Å². The number of nitrogens with one attached hydrogen (secondary N) is 2. The zero-order chi connectivity index (χ0) is 21.9. The van der Waals surface area contributed by atoms with Gasteiger partial charge in [-0.25, -0.2) is 0 Å². The first-order valence-electron chi connectivity index (χ1n) is 9.61. The number of hydrogen-bond acceptors (Lipinski definition) is 3. The third-order valence-electron chi connectivity index (χ3n) is 4.78. The van der Waals surface area contributed by atoms with E-state index >= 15 is 0 Å². The van der Waals surface area contributed by atoms with Crippen molar-refractivity contribution in [3.8, 4) is 12.8 Å². The van der Waals surface area contributed by atoms with Gasteiger partial charge in [-0.2, -0.15) is 0 Å². The van der Waals surface area contributed by atoms with E-state index in [0.717, 1.165) is 25.1 Å². The molecule has 0 atom stereocenters. The highest BCUT2D eigenvalue weighted by molar-refractivity contribution is 6.67. The molecule has 30 heavy (non-hydrogen) atoms. The Bertz CT molecular complexity index is 1000. The van der Waals surface area contributed by atoms with Crippen LogP contribution in [0.25, 0.3) is 10.8 Å². The lowest BCUT2D eigenvalue weighted by Gasteiger charge is -2.25. The van der Waals surface area contributed by atoms with Gasteiger partial charge in [0, 0.05) is 13.1 Å². The Kier molecular flexibility index (Phi) is 9.03. The topological polar surface area (TPSA) is 50.9 Å². The molecule has 0 saturated carbocycles. The van der Waals surface area contributed by atoms with E-state index in [1.807, 2.05) is 6.07 Å². The molecule has 0 fully saturated rings. The fraction of sp³-hybridized carbons (Fsp3) is 0.154. The van der Waals surface area contributed by atoms with Crippen molar-refractivity contribution in [1.29, 1.82) is 10.8 Å². The molecule has 4 heteroatoms. The summed E-state index contributed by atoms with van der Waals surface area (Å²) in [6, 6.07) is 22.8. The minimum absolute atomic E-state index is 0.0579. The summed E-state index contributed by atoms with van der Waals surface area (Å²) in [4.78, 5) is 2.28. The average Bonchev–Trinajstić information content (AvgIpc) is 2.78. The van der Waals surface area contributed by atoms with Crippen LogP contribution in [0.1, 0.15) is 16.7 Å². The Hall–Kier alpha value is -3.19. The van der Waals surface area contributed by atoms with Gasteiger partial charge >= 0.3 is 0 Å². The molecule has 152 valence electrons. The monoisotopic (exact) mass is 415 g/mol. The zero-order valence-corrected chi connectivity index (χ0v) is 17.9. The van der Waals surface area contributed by atoms with Crippen LogP contribution < -0.4 is 0 Å². The maximum absolute atomic E-state index is 7.93. The van der Waals surface area contributed by atoms with Crippen LogP contribution in [0.2, 0.25) is 0 Å². The minimum Gasteiger partial charge on any atom is -0.302 e. The molecule has 3 aromatic carbocycles. The maximum Gasteiger partial charge on any atom is 0.120 e. The summed E-state index contributed by atoms with van der Waals surface area (Å²) in [7, 11) is 2.11. The van der Waals surface area contributed by atoms with E-state index in [-0.39, 0.29) is 5.17 Å². The summed E-state index contributed by atoms with van der Waals surface area (Å²) in [5, 5.41) is 17.6. The van der Waals surface area contributed by atoms with Gasteiger partial charge in [0.2, 0.25) is 0 Å². The number of terminal acetylenes is 1. The predicted octanol–water partition coefficient (Wildman–Crippen LogP) is 5.90. The first-order chi connectivity index (χ1) is 14.5. The van der Waals surface area contributed by atoms with Gasteiger partial charge in [0.15, 0.2) is 0 Å². The molecule has 1 heterocycles. The van der Waals surface area contributed by atoms with Crippen LogP contribution in [0.3, 0.4) is 0 Å². The predicted molar refractivity (Wildman–Crippen MR) is 130 cm³/mol. The normalized spacial score (nSPS) is 12.8.